The largest absolute Gasteiger partial charge is 0.367 e. The van der Waals surface area contributed by atoms with Crippen LogP contribution in [-0.4, -0.2) is 13.2 Å². The lowest BCUT2D eigenvalue weighted by molar-refractivity contribution is -0.203. The van der Waals surface area contributed by atoms with Gasteiger partial charge in [-0.1, -0.05) is 59.7 Å². The monoisotopic (exact) mass is 326 g/mol. The normalized spacial score (nSPS) is 16.4. The lowest BCUT2D eigenvalue weighted by Crippen LogP contribution is -2.49. The molecule has 0 radical (unpaired) electrons. The first-order valence-corrected chi connectivity index (χ1v) is 8.79. The van der Waals surface area contributed by atoms with Crippen LogP contribution in [0.5, 0.6) is 0 Å². The number of aryl methyl sites for hydroxylation is 2. The molecule has 0 bridgehead atoms. The fourth-order valence-corrected chi connectivity index (χ4v) is 3.31. The van der Waals surface area contributed by atoms with E-state index in [2.05, 4.69) is 76.2 Å². The van der Waals surface area contributed by atoms with E-state index in [4.69, 9.17) is 9.47 Å². The number of benzene rings is 2. The third-order valence-corrected chi connectivity index (χ3v) is 4.98. The summed E-state index contributed by atoms with van der Waals surface area (Å²) < 4.78 is 12.7. The first-order valence-electron chi connectivity index (χ1n) is 8.79. The van der Waals surface area contributed by atoms with Gasteiger partial charge in [0.05, 0.1) is 0 Å². The fraction of sp³-hybridized carbons (Fsp3) is 0.455. The van der Waals surface area contributed by atoms with Gasteiger partial charge in [-0.25, -0.2) is 0 Å². The quantitative estimate of drug-likeness (QED) is 0.668. The molecule has 0 N–H and O–H groups in total. The lowest BCUT2D eigenvalue weighted by Gasteiger charge is -2.46. The van der Waals surface area contributed by atoms with Crippen molar-refractivity contribution in [3.05, 3.63) is 70.8 Å². The molecule has 2 aromatic rings. The van der Waals surface area contributed by atoms with Crippen LogP contribution < -0.4 is 0 Å². The Balaban J connectivity index is 2.61. The van der Waals surface area contributed by atoms with Crippen LogP contribution in [-0.2, 0) is 20.7 Å². The van der Waals surface area contributed by atoms with Gasteiger partial charge in [-0.05, 0) is 52.7 Å². The molecular weight excluding hydrogens is 296 g/mol. The Kier molecular flexibility index (Phi) is 5.84. The highest BCUT2D eigenvalue weighted by Crippen LogP contribution is 2.46. The van der Waals surface area contributed by atoms with E-state index in [9.17, 15) is 0 Å². The average Bonchev–Trinajstić information content (AvgIpc) is 2.56. The minimum Gasteiger partial charge on any atom is -0.367 e. The Labute approximate surface area is 146 Å². The molecule has 0 aliphatic carbocycles. The number of ether oxygens (including phenoxy) is 2. The zero-order chi connectivity index (χ0) is 17.8. The minimum absolute atomic E-state index is 0.583. The van der Waals surface area contributed by atoms with E-state index in [1.54, 1.807) is 0 Å². The van der Waals surface area contributed by atoms with Crippen LogP contribution in [0.25, 0.3) is 0 Å². The molecule has 0 saturated heterocycles. The van der Waals surface area contributed by atoms with E-state index in [0.717, 1.165) is 11.1 Å². The first-order chi connectivity index (χ1) is 11.4. The second-order valence-electron chi connectivity index (χ2n) is 6.66. The summed E-state index contributed by atoms with van der Waals surface area (Å²) in [6.07, 6.45) is 0. The van der Waals surface area contributed by atoms with E-state index >= 15 is 0 Å². The number of rotatable bonds is 7. The van der Waals surface area contributed by atoms with Gasteiger partial charge in [0, 0.05) is 13.2 Å². The number of hydrogen-bond donors (Lipinski definition) is 0. The molecule has 2 nitrogen and oxygen atoms in total. The van der Waals surface area contributed by atoms with E-state index in [1.807, 2.05) is 13.8 Å². The van der Waals surface area contributed by atoms with Crippen LogP contribution >= 0.6 is 0 Å². The summed E-state index contributed by atoms with van der Waals surface area (Å²) in [7, 11) is 0. The minimum atomic E-state index is -0.583. The summed E-state index contributed by atoms with van der Waals surface area (Å²) in [5.41, 5.74) is 3.58. The van der Waals surface area contributed by atoms with Crippen molar-refractivity contribution in [2.45, 2.75) is 52.7 Å². The van der Waals surface area contributed by atoms with Gasteiger partial charge < -0.3 is 9.47 Å². The van der Waals surface area contributed by atoms with Crippen LogP contribution in [0.3, 0.4) is 0 Å². The maximum absolute atomic E-state index is 6.33. The van der Waals surface area contributed by atoms with E-state index in [1.165, 1.54) is 11.1 Å². The molecular formula is C22H30O2. The van der Waals surface area contributed by atoms with Gasteiger partial charge in [0.15, 0.2) is 0 Å². The van der Waals surface area contributed by atoms with Crippen molar-refractivity contribution in [2.24, 2.45) is 0 Å². The van der Waals surface area contributed by atoms with Gasteiger partial charge in [0.2, 0.25) is 0 Å². The molecule has 2 unspecified atom stereocenters. The highest BCUT2D eigenvalue weighted by atomic mass is 16.6. The van der Waals surface area contributed by atoms with Crippen molar-refractivity contribution >= 4 is 0 Å². The van der Waals surface area contributed by atoms with Crippen LogP contribution in [0.15, 0.2) is 48.5 Å². The highest BCUT2D eigenvalue weighted by molar-refractivity contribution is 5.36. The molecule has 0 aliphatic heterocycles. The molecule has 2 heteroatoms. The predicted molar refractivity (Wildman–Crippen MR) is 100 cm³/mol. The predicted octanol–water partition coefficient (Wildman–Crippen LogP) is 5.51. The Hall–Kier alpha value is -1.64. The SMILES string of the molecule is CCOC(C)(c1ccc(C)cc1)C(C)(OCC)c1ccc(C)cc1. The van der Waals surface area contributed by atoms with Gasteiger partial charge in [-0.3, -0.25) is 0 Å². The molecule has 0 aliphatic rings. The Bertz CT molecular complexity index is 585. The fourth-order valence-electron chi connectivity index (χ4n) is 3.31. The van der Waals surface area contributed by atoms with Gasteiger partial charge in [0.25, 0.3) is 0 Å². The van der Waals surface area contributed by atoms with Crippen molar-refractivity contribution in [2.75, 3.05) is 13.2 Å². The second-order valence-corrected chi connectivity index (χ2v) is 6.66. The van der Waals surface area contributed by atoms with Gasteiger partial charge in [-0.15, -0.1) is 0 Å². The topological polar surface area (TPSA) is 18.5 Å². The van der Waals surface area contributed by atoms with E-state index in [0.29, 0.717) is 13.2 Å². The molecule has 0 spiro atoms. The molecule has 2 rings (SSSR count). The zero-order valence-electron chi connectivity index (χ0n) is 15.8. The molecule has 0 fully saturated rings. The Morgan fingerprint density at radius 1 is 0.625 bits per heavy atom. The standard InChI is InChI=1S/C22H30O2/c1-7-23-21(5,19-13-9-17(3)10-14-19)22(6,24-8-2)20-15-11-18(4)12-16-20/h9-16H,7-8H2,1-6H3. The average molecular weight is 326 g/mol. The van der Waals surface area contributed by atoms with Crippen LogP contribution in [0.4, 0.5) is 0 Å². The van der Waals surface area contributed by atoms with Gasteiger partial charge >= 0.3 is 0 Å². The van der Waals surface area contributed by atoms with E-state index in [-0.39, 0.29) is 0 Å². The zero-order valence-corrected chi connectivity index (χ0v) is 15.8. The Morgan fingerprint density at radius 2 is 0.917 bits per heavy atom. The van der Waals surface area contributed by atoms with Crippen molar-refractivity contribution < 1.29 is 9.47 Å². The Morgan fingerprint density at radius 3 is 1.17 bits per heavy atom. The van der Waals surface area contributed by atoms with Crippen molar-refractivity contribution in [1.82, 2.24) is 0 Å². The molecule has 0 saturated carbocycles. The third-order valence-electron chi connectivity index (χ3n) is 4.98. The van der Waals surface area contributed by atoms with Crippen molar-refractivity contribution in [3.63, 3.8) is 0 Å². The van der Waals surface area contributed by atoms with Crippen LogP contribution in [0.2, 0.25) is 0 Å². The first kappa shape index (κ1) is 18.7. The van der Waals surface area contributed by atoms with Crippen LogP contribution in [0.1, 0.15) is 49.9 Å². The molecule has 2 aromatic carbocycles. The summed E-state index contributed by atoms with van der Waals surface area (Å²) in [5, 5.41) is 0. The van der Waals surface area contributed by atoms with Crippen molar-refractivity contribution in [1.29, 1.82) is 0 Å². The van der Waals surface area contributed by atoms with Gasteiger partial charge in [0.1, 0.15) is 11.2 Å². The highest BCUT2D eigenvalue weighted by Gasteiger charge is 2.49. The lowest BCUT2D eigenvalue weighted by atomic mass is 9.75. The molecule has 0 heterocycles. The smallest absolute Gasteiger partial charge is 0.123 e. The summed E-state index contributed by atoms with van der Waals surface area (Å²) in [6.45, 7) is 13.8. The van der Waals surface area contributed by atoms with Crippen molar-refractivity contribution in [3.8, 4) is 0 Å². The van der Waals surface area contributed by atoms with Gasteiger partial charge in [-0.2, -0.15) is 0 Å². The molecule has 0 amide bonds. The maximum atomic E-state index is 6.33. The maximum Gasteiger partial charge on any atom is 0.123 e. The molecule has 2 atom stereocenters. The molecule has 0 aromatic heterocycles. The third kappa shape index (κ3) is 3.40. The molecule has 130 valence electrons. The number of hydrogen-bond acceptors (Lipinski definition) is 2. The summed E-state index contributed by atoms with van der Waals surface area (Å²) in [6, 6.07) is 17.1. The van der Waals surface area contributed by atoms with E-state index < -0.39 is 11.2 Å². The summed E-state index contributed by atoms with van der Waals surface area (Å²) in [4.78, 5) is 0. The summed E-state index contributed by atoms with van der Waals surface area (Å²) >= 11 is 0. The summed E-state index contributed by atoms with van der Waals surface area (Å²) in [5.74, 6) is 0. The molecule has 24 heavy (non-hydrogen) atoms. The second kappa shape index (κ2) is 7.50. The van der Waals surface area contributed by atoms with Crippen LogP contribution in [0, 0.1) is 13.8 Å².